The van der Waals surface area contributed by atoms with Crippen LogP contribution in [0.2, 0.25) is 0 Å². The molecule has 4 heterocycles. The summed E-state index contributed by atoms with van der Waals surface area (Å²) in [4.78, 5) is 11.8. The number of rotatable bonds is 11. The first kappa shape index (κ1) is 39.5. The van der Waals surface area contributed by atoms with Gasteiger partial charge in [-0.25, -0.2) is 0 Å². The molecule has 4 saturated heterocycles. The lowest BCUT2D eigenvalue weighted by atomic mass is 9.95. The van der Waals surface area contributed by atoms with Crippen molar-refractivity contribution in [3.63, 3.8) is 0 Å². The second-order valence-corrected chi connectivity index (χ2v) is 11.9. The number of nitrogens with one attached hydrogen (secondary N) is 1. The average Bonchev–Trinajstić information content (AvgIpc) is 3.05. The van der Waals surface area contributed by atoms with E-state index in [1.807, 2.05) is 0 Å². The van der Waals surface area contributed by atoms with Crippen LogP contribution in [0.4, 0.5) is 0 Å². The van der Waals surface area contributed by atoms with Gasteiger partial charge in [-0.2, -0.15) is 0 Å². The Morgan fingerprint density at radius 3 is 1.56 bits per heavy atom. The maximum atomic E-state index is 11.8. The van der Waals surface area contributed by atoms with Gasteiger partial charge in [0.15, 0.2) is 25.2 Å². The number of aliphatic hydroxyl groups is 13. The van der Waals surface area contributed by atoms with Crippen molar-refractivity contribution >= 4 is 5.91 Å². The van der Waals surface area contributed by atoms with Crippen LogP contribution in [0.5, 0.6) is 0 Å². The standard InChI is InChI=1S/C26H45NO21/c1-6(31)27-11-21(14(34)8(3-29)43-23(11)41)47-26-20(40)22(15(35)9(4-30)45-26)48-25-19(39)17(37)13(33)10(46-25)5-42-24-18(38)16(36)12(32)7(2-28)44-24/h7-26,28-30,32-41H,2-5H2,1H3,(H,27,31)/t7-,8-,9-,10-,11-,12+,13-,14+,15+,16+,17+,18-,19-,20-,21-,22+,23-,24-,25+,26+/m1/s1. The number of hydrogen-bond acceptors (Lipinski definition) is 21. The van der Waals surface area contributed by atoms with E-state index < -0.39 is 155 Å². The molecule has 0 unspecified atom stereocenters. The van der Waals surface area contributed by atoms with E-state index in [0.717, 1.165) is 6.92 Å². The van der Waals surface area contributed by atoms with E-state index in [4.69, 9.17) is 33.2 Å². The van der Waals surface area contributed by atoms with Crippen molar-refractivity contribution in [2.24, 2.45) is 0 Å². The van der Waals surface area contributed by atoms with Crippen molar-refractivity contribution in [1.82, 2.24) is 5.32 Å². The van der Waals surface area contributed by atoms with Crippen LogP contribution in [0.3, 0.4) is 0 Å². The SMILES string of the molecule is CC(=O)N[C@@H]1[C@@H](O[C@@H]2O[C@H](CO)[C@H](O)[C@H](O[C@@H]3O[C@H](CO[C@@H]4O[C@H](CO)[C@H](O)[C@H](O)[C@H]4O)[C@@H](O)[C@H](O)[C@H]3O)[C@H]2O)[C@@H](O)[C@@H](CO)O[C@H]1O. The quantitative estimate of drug-likeness (QED) is 0.0947. The predicted molar refractivity (Wildman–Crippen MR) is 145 cm³/mol. The molecule has 4 aliphatic rings. The highest BCUT2D eigenvalue weighted by molar-refractivity contribution is 5.73. The monoisotopic (exact) mass is 707 g/mol. The fraction of sp³-hybridized carbons (Fsp3) is 0.962. The molecular formula is C26H45NO21. The summed E-state index contributed by atoms with van der Waals surface area (Å²) >= 11 is 0. The molecule has 20 atom stereocenters. The number of aliphatic hydroxyl groups excluding tert-OH is 13. The van der Waals surface area contributed by atoms with Gasteiger partial charge in [0.05, 0.1) is 26.4 Å². The molecule has 0 bridgehead atoms. The van der Waals surface area contributed by atoms with Crippen LogP contribution in [0.1, 0.15) is 6.92 Å². The van der Waals surface area contributed by atoms with Crippen molar-refractivity contribution in [1.29, 1.82) is 0 Å². The van der Waals surface area contributed by atoms with Crippen molar-refractivity contribution < 1.29 is 104 Å². The third kappa shape index (κ3) is 8.24. The predicted octanol–water partition coefficient (Wildman–Crippen LogP) is -9.61. The molecule has 22 nitrogen and oxygen atoms in total. The van der Waals surface area contributed by atoms with E-state index in [1.165, 1.54) is 0 Å². The summed E-state index contributed by atoms with van der Waals surface area (Å²) in [5, 5.41) is 136. The molecule has 4 fully saturated rings. The molecule has 0 aromatic heterocycles. The van der Waals surface area contributed by atoms with Gasteiger partial charge in [0.2, 0.25) is 5.91 Å². The van der Waals surface area contributed by atoms with Crippen molar-refractivity contribution in [3.05, 3.63) is 0 Å². The van der Waals surface area contributed by atoms with E-state index >= 15 is 0 Å². The highest BCUT2D eigenvalue weighted by Gasteiger charge is 2.54. The Labute approximate surface area is 272 Å². The summed E-state index contributed by atoms with van der Waals surface area (Å²) in [5.74, 6) is -0.685. The maximum absolute atomic E-state index is 11.8. The summed E-state index contributed by atoms with van der Waals surface area (Å²) in [5.41, 5.74) is 0. The molecule has 0 spiro atoms. The van der Waals surface area contributed by atoms with Crippen molar-refractivity contribution in [2.45, 2.75) is 130 Å². The van der Waals surface area contributed by atoms with Crippen LogP contribution < -0.4 is 5.32 Å². The van der Waals surface area contributed by atoms with Gasteiger partial charge in [-0.05, 0) is 0 Å². The number of ether oxygens (including phenoxy) is 7. The third-order valence-electron chi connectivity index (χ3n) is 8.59. The highest BCUT2D eigenvalue weighted by atomic mass is 16.8. The smallest absolute Gasteiger partial charge is 0.217 e. The highest BCUT2D eigenvalue weighted by Crippen LogP contribution is 2.33. The van der Waals surface area contributed by atoms with Crippen LogP contribution in [-0.2, 0) is 38.0 Å². The fourth-order valence-corrected chi connectivity index (χ4v) is 5.83. The summed E-state index contributed by atoms with van der Waals surface area (Å²) in [6.45, 7) is -2.07. The average molecular weight is 708 g/mol. The largest absolute Gasteiger partial charge is 0.394 e. The molecule has 4 rings (SSSR count). The zero-order valence-corrected chi connectivity index (χ0v) is 25.5. The van der Waals surface area contributed by atoms with Gasteiger partial charge >= 0.3 is 0 Å². The lowest BCUT2D eigenvalue weighted by Crippen LogP contribution is -2.68. The summed E-state index contributed by atoms with van der Waals surface area (Å²) in [7, 11) is 0. The van der Waals surface area contributed by atoms with E-state index in [2.05, 4.69) is 5.32 Å². The Hall–Kier alpha value is -1.33. The second-order valence-electron chi connectivity index (χ2n) is 11.9. The first-order valence-electron chi connectivity index (χ1n) is 15.1. The lowest BCUT2D eigenvalue weighted by molar-refractivity contribution is -0.376. The van der Waals surface area contributed by atoms with Gasteiger partial charge in [0.25, 0.3) is 0 Å². The number of amides is 1. The molecule has 0 aromatic carbocycles. The lowest BCUT2D eigenvalue weighted by Gasteiger charge is -2.48. The minimum atomic E-state index is -2.04. The van der Waals surface area contributed by atoms with E-state index in [9.17, 15) is 71.2 Å². The van der Waals surface area contributed by atoms with Gasteiger partial charge in [-0.15, -0.1) is 0 Å². The Morgan fingerprint density at radius 2 is 0.979 bits per heavy atom. The summed E-state index contributed by atoms with van der Waals surface area (Å²) in [6, 6.07) is -1.47. The van der Waals surface area contributed by atoms with Gasteiger partial charge in [-0.1, -0.05) is 0 Å². The Balaban J connectivity index is 1.49. The van der Waals surface area contributed by atoms with Gasteiger partial charge in [-0.3, -0.25) is 4.79 Å². The first-order chi connectivity index (χ1) is 22.6. The number of carbonyl (C=O) groups is 1. The Bertz CT molecular complexity index is 1030. The van der Waals surface area contributed by atoms with Gasteiger partial charge in [0.1, 0.15) is 97.6 Å². The molecule has 280 valence electrons. The summed E-state index contributed by atoms with van der Waals surface area (Å²) in [6.07, 6.45) is -33.5. The molecule has 4 aliphatic heterocycles. The first-order valence-corrected chi connectivity index (χ1v) is 15.1. The second kappa shape index (κ2) is 16.8. The molecule has 14 N–H and O–H groups in total. The Morgan fingerprint density at radius 1 is 0.542 bits per heavy atom. The third-order valence-corrected chi connectivity index (χ3v) is 8.59. The normalized spacial score (nSPS) is 50.2. The molecular weight excluding hydrogens is 662 g/mol. The molecule has 0 radical (unpaired) electrons. The molecule has 1 amide bonds. The zero-order chi connectivity index (χ0) is 35.6. The molecule has 0 aliphatic carbocycles. The maximum Gasteiger partial charge on any atom is 0.217 e. The number of carbonyl (C=O) groups excluding carboxylic acids is 1. The van der Waals surface area contributed by atoms with Crippen molar-refractivity contribution in [2.75, 3.05) is 26.4 Å². The molecule has 48 heavy (non-hydrogen) atoms. The van der Waals surface area contributed by atoms with Gasteiger partial charge in [0, 0.05) is 6.92 Å². The van der Waals surface area contributed by atoms with Crippen molar-refractivity contribution in [3.8, 4) is 0 Å². The van der Waals surface area contributed by atoms with Crippen LogP contribution in [0, 0.1) is 0 Å². The fourth-order valence-electron chi connectivity index (χ4n) is 5.83. The Kier molecular flexibility index (Phi) is 13.8. The van der Waals surface area contributed by atoms with E-state index in [0.29, 0.717) is 0 Å². The van der Waals surface area contributed by atoms with Crippen LogP contribution >= 0.6 is 0 Å². The molecule has 0 aromatic rings. The van der Waals surface area contributed by atoms with E-state index in [1.54, 1.807) is 0 Å². The van der Waals surface area contributed by atoms with Gasteiger partial charge < -0.3 is 105 Å². The topological polar surface area (TPSA) is 357 Å². The van der Waals surface area contributed by atoms with Crippen LogP contribution in [0.15, 0.2) is 0 Å². The molecule has 0 saturated carbocycles. The minimum Gasteiger partial charge on any atom is -0.394 e. The molecule has 22 heteroatoms. The summed E-state index contributed by atoms with van der Waals surface area (Å²) < 4.78 is 38.0. The van der Waals surface area contributed by atoms with E-state index in [-0.39, 0.29) is 0 Å². The number of hydrogen-bond donors (Lipinski definition) is 14. The zero-order valence-electron chi connectivity index (χ0n) is 25.5. The minimum absolute atomic E-state index is 0.685. The van der Waals surface area contributed by atoms with Crippen LogP contribution in [-0.4, -0.2) is 221 Å². The van der Waals surface area contributed by atoms with Crippen LogP contribution in [0.25, 0.3) is 0 Å².